The molecule has 1 unspecified atom stereocenters. The van der Waals surface area contributed by atoms with Crippen LogP contribution in [0, 0.1) is 0 Å². The lowest BCUT2D eigenvalue weighted by Gasteiger charge is -2.22. The minimum absolute atomic E-state index is 0.150. The number of phenols is 1. The molecule has 0 bridgehead atoms. The van der Waals surface area contributed by atoms with Crippen molar-refractivity contribution in [3.8, 4) is 5.75 Å². The zero-order valence-electron chi connectivity index (χ0n) is 12.8. The lowest BCUT2D eigenvalue weighted by atomic mass is 9.98. The first-order valence-corrected chi connectivity index (χ1v) is 7.46. The molecule has 0 aliphatic rings. The van der Waals surface area contributed by atoms with Crippen molar-refractivity contribution in [2.75, 3.05) is 26.7 Å². The Hall–Kier alpha value is -1.84. The Morgan fingerprint density at radius 3 is 2.24 bits per heavy atom. The van der Waals surface area contributed by atoms with Gasteiger partial charge in [0.05, 0.1) is 6.04 Å². The van der Waals surface area contributed by atoms with Gasteiger partial charge in [0.1, 0.15) is 5.75 Å². The molecule has 2 aromatic rings. The van der Waals surface area contributed by atoms with E-state index in [4.69, 9.17) is 0 Å². The van der Waals surface area contributed by atoms with Crippen LogP contribution in [0.4, 0.5) is 0 Å². The third kappa shape index (κ3) is 4.59. The van der Waals surface area contributed by atoms with E-state index in [0.717, 1.165) is 25.2 Å². The first kappa shape index (κ1) is 15.5. The topological polar surface area (TPSA) is 35.5 Å². The van der Waals surface area contributed by atoms with Crippen molar-refractivity contribution >= 4 is 0 Å². The molecule has 0 spiro atoms. The van der Waals surface area contributed by atoms with Gasteiger partial charge in [-0.1, -0.05) is 49.4 Å². The number of nitrogens with zero attached hydrogens (tertiary/aromatic N) is 1. The Morgan fingerprint density at radius 2 is 1.62 bits per heavy atom. The molecule has 2 rings (SSSR count). The number of aromatic hydroxyl groups is 1. The van der Waals surface area contributed by atoms with Gasteiger partial charge in [-0.25, -0.2) is 0 Å². The highest BCUT2D eigenvalue weighted by Crippen LogP contribution is 2.23. The van der Waals surface area contributed by atoms with Crippen LogP contribution >= 0.6 is 0 Å². The van der Waals surface area contributed by atoms with Crippen molar-refractivity contribution in [3.63, 3.8) is 0 Å². The molecule has 0 aliphatic heterocycles. The van der Waals surface area contributed by atoms with Crippen LogP contribution < -0.4 is 5.32 Å². The van der Waals surface area contributed by atoms with Crippen LogP contribution in [0.25, 0.3) is 0 Å². The van der Waals surface area contributed by atoms with E-state index in [1.165, 1.54) is 5.56 Å². The highest BCUT2D eigenvalue weighted by molar-refractivity contribution is 5.34. The summed E-state index contributed by atoms with van der Waals surface area (Å²) in [6.45, 7) is 5.15. The van der Waals surface area contributed by atoms with Gasteiger partial charge in [-0.05, 0) is 36.9 Å². The third-order valence-corrected chi connectivity index (χ3v) is 3.74. The quantitative estimate of drug-likeness (QED) is 0.820. The number of rotatable bonds is 7. The molecular formula is C18H24N2O. The van der Waals surface area contributed by atoms with E-state index >= 15 is 0 Å². The molecule has 0 heterocycles. The van der Waals surface area contributed by atoms with E-state index < -0.39 is 0 Å². The maximum absolute atomic E-state index is 9.46. The van der Waals surface area contributed by atoms with Crippen molar-refractivity contribution in [2.24, 2.45) is 0 Å². The summed E-state index contributed by atoms with van der Waals surface area (Å²) in [5.74, 6) is 0.302. The Labute approximate surface area is 127 Å². The number of benzene rings is 2. The van der Waals surface area contributed by atoms with Crippen LogP contribution in [-0.2, 0) is 0 Å². The molecule has 0 fully saturated rings. The molecule has 1 atom stereocenters. The molecule has 3 nitrogen and oxygen atoms in total. The van der Waals surface area contributed by atoms with Crippen molar-refractivity contribution in [3.05, 3.63) is 65.7 Å². The van der Waals surface area contributed by atoms with E-state index in [-0.39, 0.29) is 6.04 Å². The molecule has 0 saturated heterocycles. The Bertz CT molecular complexity index is 525. The fourth-order valence-electron chi connectivity index (χ4n) is 2.30. The van der Waals surface area contributed by atoms with E-state index in [0.29, 0.717) is 5.75 Å². The molecule has 0 saturated carbocycles. The van der Waals surface area contributed by atoms with Crippen molar-refractivity contribution in [1.82, 2.24) is 10.2 Å². The number of nitrogens with one attached hydrogen (secondary N) is 1. The smallest absolute Gasteiger partial charge is 0.115 e. The molecule has 2 N–H and O–H groups in total. The van der Waals surface area contributed by atoms with Gasteiger partial charge < -0.3 is 15.3 Å². The van der Waals surface area contributed by atoms with Crippen LogP contribution in [0.15, 0.2) is 54.6 Å². The fourth-order valence-corrected chi connectivity index (χ4v) is 2.30. The van der Waals surface area contributed by atoms with Crippen LogP contribution in [0.1, 0.15) is 24.1 Å². The Morgan fingerprint density at radius 1 is 1.00 bits per heavy atom. The number of hydrogen-bond acceptors (Lipinski definition) is 3. The average Bonchev–Trinajstić information content (AvgIpc) is 2.53. The van der Waals surface area contributed by atoms with Crippen LogP contribution in [-0.4, -0.2) is 36.7 Å². The number of hydrogen-bond donors (Lipinski definition) is 2. The summed E-state index contributed by atoms with van der Waals surface area (Å²) in [5, 5.41) is 13.1. The highest BCUT2D eigenvalue weighted by Gasteiger charge is 2.13. The standard InChI is InChI=1S/C18H24N2O/c1-3-20(2)14-13-19-18(15-7-5-4-6-8-15)16-9-11-17(21)12-10-16/h4-12,18-19,21H,3,13-14H2,1-2H3. The van der Waals surface area contributed by atoms with Crippen molar-refractivity contribution in [1.29, 1.82) is 0 Å². The summed E-state index contributed by atoms with van der Waals surface area (Å²) < 4.78 is 0. The van der Waals surface area contributed by atoms with Gasteiger partial charge in [-0.3, -0.25) is 0 Å². The second kappa shape index (κ2) is 7.81. The van der Waals surface area contributed by atoms with Crippen LogP contribution in [0.2, 0.25) is 0 Å². The molecule has 2 aromatic carbocycles. The summed E-state index contributed by atoms with van der Waals surface area (Å²) >= 11 is 0. The molecule has 0 amide bonds. The van der Waals surface area contributed by atoms with Gasteiger partial charge in [0.15, 0.2) is 0 Å². The summed E-state index contributed by atoms with van der Waals surface area (Å²) in [4.78, 5) is 2.28. The van der Waals surface area contributed by atoms with Crippen LogP contribution in [0.5, 0.6) is 5.75 Å². The van der Waals surface area contributed by atoms with Gasteiger partial charge >= 0.3 is 0 Å². The first-order chi connectivity index (χ1) is 10.2. The zero-order chi connectivity index (χ0) is 15.1. The zero-order valence-corrected chi connectivity index (χ0v) is 12.8. The number of likely N-dealkylation sites (N-methyl/N-ethyl adjacent to an activating group) is 1. The summed E-state index contributed by atoms with van der Waals surface area (Å²) in [6, 6.07) is 18.0. The predicted molar refractivity (Wildman–Crippen MR) is 87.6 cm³/mol. The highest BCUT2D eigenvalue weighted by atomic mass is 16.3. The second-order valence-electron chi connectivity index (χ2n) is 5.29. The summed E-state index contributed by atoms with van der Waals surface area (Å²) in [6.07, 6.45) is 0. The normalized spacial score (nSPS) is 12.5. The molecule has 0 radical (unpaired) electrons. The van der Waals surface area contributed by atoms with Gasteiger partial charge in [0.25, 0.3) is 0 Å². The second-order valence-corrected chi connectivity index (χ2v) is 5.29. The molecular weight excluding hydrogens is 260 g/mol. The van der Waals surface area contributed by atoms with Crippen molar-refractivity contribution < 1.29 is 5.11 Å². The molecule has 112 valence electrons. The molecule has 3 heteroatoms. The molecule has 0 aliphatic carbocycles. The van der Waals surface area contributed by atoms with E-state index in [1.807, 2.05) is 18.2 Å². The Kier molecular flexibility index (Phi) is 5.78. The van der Waals surface area contributed by atoms with Crippen molar-refractivity contribution in [2.45, 2.75) is 13.0 Å². The van der Waals surface area contributed by atoms with Crippen LogP contribution in [0.3, 0.4) is 0 Å². The number of phenolic OH excluding ortho intramolecular Hbond substituents is 1. The SMILES string of the molecule is CCN(C)CCNC(c1ccccc1)c1ccc(O)cc1. The minimum Gasteiger partial charge on any atom is -0.508 e. The van der Waals surface area contributed by atoms with Gasteiger partial charge in [0.2, 0.25) is 0 Å². The summed E-state index contributed by atoms with van der Waals surface area (Å²) in [7, 11) is 2.12. The average molecular weight is 284 g/mol. The molecule has 21 heavy (non-hydrogen) atoms. The third-order valence-electron chi connectivity index (χ3n) is 3.74. The van der Waals surface area contributed by atoms with Gasteiger partial charge in [-0.15, -0.1) is 0 Å². The maximum atomic E-state index is 9.46. The largest absolute Gasteiger partial charge is 0.508 e. The summed E-state index contributed by atoms with van der Waals surface area (Å²) in [5.41, 5.74) is 2.40. The lowest BCUT2D eigenvalue weighted by molar-refractivity contribution is 0.344. The predicted octanol–water partition coefficient (Wildman–Crippen LogP) is 3.02. The monoisotopic (exact) mass is 284 g/mol. The lowest BCUT2D eigenvalue weighted by Crippen LogP contribution is -2.32. The van der Waals surface area contributed by atoms with E-state index in [9.17, 15) is 5.11 Å². The maximum Gasteiger partial charge on any atom is 0.115 e. The van der Waals surface area contributed by atoms with E-state index in [1.54, 1.807) is 12.1 Å². The van der Waals surface area contributed by atoms with E-state index in [2.05, 4.69) is 48.5 Å². The Balaban J connectivity index is 2.13. The fraction of sp³-hybridized carbons (Fsp3) is 0.333. The minimum atomic E-state index is 0.150. The van der Waals surface area contributed by atoms with Gasteiger partial charge in [-0.2, -0.15) is 0 Å². The molecule has 0 aromatic heterocycles. The first-order valence-electron chi connectivity index (χ1n) is 7.46. The van der Waals surface area contributed by atoms with Gasteiger partial charge in [0, 0.05) is 13.1 Å².